The van der Waals surface area contributed by atoms with E-state index in [1.807, 2.05) is 12.1 Å². The van der Waals surface area contributed by atoms with Crippen LogP contribution in [0.1, 0.15) is 30.7 Å². The van der Waals surface area contributed by atoms with Crippen LogP contribution in [0.5, 0.6) is 0 Å². The van der Waals surface area contributed by atoms with Crippen LogP contribution in [0, 0.1) is 5.92 Å². The van der Waals surface area contributed by atoms with E-state index in [1.54, 1.807) is 22.7 Å². The molecule has 0 saturated carbocycles. The summed E-state index contributed by atoms with van der Waals surface area (Å²) in [6, 6.07) is 12.4. The van der Waals surface area contributed by atoms with Crippen molar-refractivity contribution in [3.63, 3.8) is 0 Å². The van der Waals surface area contributed by atoms with Gasteiger partial charge in [-0.25, -0.2) is 4.98 Å². The number of thiophene rings is 1. The molecular weight excluding hydrogens is 350 g/mol. The molecular formula is C19H21N3OS2. The Morgan fingerprint density at radius 2 is 2.04 bits per heavy atom. The lowest BCUT2D eigenvalue weighted by molar-refractivity contribution is -0.126. The van der Waals surface area contributed by atoms with E-state index in [2.05, 4.69) is 46.8 Å². The molecule has 0 unspecified atom stereocenters. The van der Waals surface area contributed by atoms with Crippen LogP contribution >= 0.6 is 22.7 Å². The lowest BCUT2D eigenvalue weighted by Crippen LogP contribution is -2.41. The van der Waals surface area contributed by atoms with E-state index in [0.717, 1.165) is 36.6 Å². The van der Waals surface area contributed by atoms with Gasteiger partial charge in [0.1, 0.15) is 0 Å². The van der Waals surface area contributed by atoms with Crippen molar-refractivity contribution in [3.8, 4) is 0 Å². The average Bonchev–Trinajstić information content (AvgIpc) is 3.31. The van der Waals surface area contributed by atoms with Crippen molar-refractivity contribution in [2.45, 2.75) is 25.8 Å². The number of fused-ring (bicyclic) bond motifs is 1. The van der Waals surface area contributed by atoms with Crippen LogP contribution in [-0.4, -0.2) is 24.0 Å². The van der Waals surface area contributed by atoms with Crippen LogP contribution in [0.4, 0.5) is 5.13 Å². The molecule has 1 fully saturated rings. The van der Waals surface area contributed by atoms with Gasteiger partial charge in [0.2, 0.25) is 5.91 Å². The van der Waals surface area contributed by atoms with Crippen molar-refractivity contribution < 1.29 is 4.79 Å². The molecule has 0 radical (unpaired) electrons. The van der Waals surface area contributed by atoms with E-state index >= 15 is 0 Å². The van der Waals surface area contributed by atoms with E-state index < -0.39 is 0 Å². The molecule has 1 aliphatic heterocycles. The Bertz CT molecular complexity index is 818. The molecule has 0 spiro atoms. The minimum absolute atomic E-state index is 0.0924. The standard InChI is InChI=1S/C19H21N3OS2/c1-13(16-7-4-12-24-16)20-18(23)14-8-10-22(11-9-14)19-21-15-5-2-3-6-17(15)25-19/h2-7,12-14H,8-11H2,1H3,(H,20,23)/t13-/m0/s1. The Morgan fingerprint density at radius 3 is 2.76 bits per heavy atom. The minimum atomic E-state index is 0.0924. The van der Waals surface area contributed by atoms with Gasteiger partial charge in [0.05, 0.1) is 16.3 Å². The summed E-state index contributed by atoms with van der Waals surface area (Å²) in [5, 5.41) is 6.29. The zero-order valence-electron chi connectivity index (χ0n) is 14.1. The second-order valence-electron chi connectivity index (χ2n) is 6.47. The van der Waals surface area contributed by atoms with Crippen LogP contribution in [0.2, 0.25) is 0 Å². The molecule has 1 aliphatic rings. The van der Waals surface area contributed by atoms with Gasteiger partial charge >= 0.3 is 0 Å². The van der Waals surface area contributed by atoms with Gasteiger partial charge in [0, 0.05) is 23.9 Å². The summed E-state index contributed by atoms with van der Waals surface area (Å²) >= 11 is 3.43. The molecule has 1 N–H and O–H groups in total. The Kier molecular flexibility index (Phi) is 4.72. The van der Waals surface area contributed by atoms with Crippen LogP contribution in [0.3, 0.4) is 0 Å². The van der Waals surface area contributed by atoms with Gasteiger partial charge in [-0.2, -0.15) is 0 Å². The van der Waals surface area contributed by atoms with Crippen LogP contribution in [0.25, 0.3) is 10.2 Å². The number of hydrogen-bond acceptors (Lipinski definition) is 5. The first kappa shape index (κ1) is 16.5. The number of nitrogens with zero attached hydrogens (tertiary/aromatic N) is 2. The van der Waals surface area contributed by atoms with Crippen molar-refractivity contribution in [3.05, 3.63) is 46.7 Å². The van der Waals surface area contributed by atoms with E-state index in [-0.39, 0.29) is 17.9 Å². The van der Waals surface area contributed by atoms with E-state index in [4.69, 9.17) is 4.98 Å². The van der Waals surface area contributed by atoms with Crippen molar-refractivity contribution in [1.82, 2.24) is 10.3 Å². The third-order valence-corrected chi connectivity index (χ3v) is 6.90. The van der Waals surface area contributed by atoms with Gasteiger partial charge in [-0.15, -0.1) is 11.3 Å². The maximum atomic E-state index is 12.5. The zero-order valence-corrected chi connectivity index (χ0v) is 15.8. The fourth-order valence-corrected chi connectivity index (χ4v) is 5.02. The highest BCUT2D eigenvalue weighted by Gasteiger charge is 2.27. The quantitative estimate of drug-likeness (QED) is 0.737. The lowest BCUT2D eigenvalue weighted by Gasteiger charge is -2.31. The normalized spacial score (nSPS) is 16.9. The van der Waals surface area contributed by atoms with Crippen LogP contribution < -0.4 is 10.2 Å². The number of benzene rings is 1. The molecule has 1 aromatic carbocycles. The van der Waals surface area contributed by atoms with Crippen molar-refractivity contribution in [1.29, 1.82) is 0 Å². The number of piperidine rings is 1. The molecule has 1 atom stereocenters. The van der Waals surface area contributed by atoms with Crippen LogP contribution in [0.15, 0.2) is 41.8 Å². The highest BCUT2D eigenvalue weighted by molar-refractivity contribution is 7.22. The van der Waals surface area contributed by atoms with Crippen LogP contribution in [-0.2, 0) is 4.79 Å². The van der Waals surface area contributed by atoms with E-state index in [0.29, 0.717) is 0 Å². The topological polar surface area (TPSA) is 45.2 Å². The fraction of sp³-hybridized carbons (Fsp3) is 0.368. The number of carbonyl (C=O) groups excluding carboxylic acids is 1. The monoisotopic (exact) mass is 371 g/mol. The van der Waals surface area contributed by atoms with Gasteiger partial charge in [0.15, 0.2) is 5.13 Å². The molecule has 1 saturated heterocycles. The number of carbonyl (C=O) groups is 1. The third-order valence-electron chi connectivity index (χ3n) is 4.75. The number of hydrogen-bond donors (Lipinski definition) is 1. The summed E-state index contributed by atoms with van der Waals surface area (Å²) in [6.07, 6.45) is 1.78. The SMILES string of the molecule is C[C@H](NC(=O)C1CCN(c2nc3ccccc3s2)CC1)c1cccs1. The second-order valence-corrected chi connectivity index (χ2v) is 8.46. The fourth-order valence-electron chi connectivity index (χ4n) is 3.27. The highest BCUT2D eigenvalue weighted by atomic mass is 32.1. The third kappa shape index (κ3) is 3.55. The summed E-state index contributed by atoms with van der Waals surface area (Å²) in [7, 11) is 0. The van der Waals surface area contributed by atoms with Crippen molar-refractivity contribution >= 4 is 43.9 Å². The predicted octanol–water partition coefficient (Wildman–Crippen LogP) is 4.45. The molecule has 4 nitrogen and oxygen atoms in total. The zero-order chi connectivity index (χ0) is 17.2. The smallest absolute Gasteiger partial charge is 0.223 e. The number of para-hydroxylation sites is 1. The Hall–Kier alpha value is -1.92. The van der Waals surface area contributed by atoms with Gasteiger partial charge in [-0.3, -0.25) is 4.79 Å². The van der Waals surface area contributed by atoms with E-state index in [9.17, 15) is 4.79 Å². The summed E-state index contributed by atoms with van der Waals surface area (Å²) in [5.41, 5.74) is 1.06. The molecule has 25 heavy (non-hydrogen) atoms. The van der Waals surface area contributed by atoms with E-state index in [1.165, 1.54) is 9.58 Å². The Balaban J connectivity index is 1.35. The number of anilines is 1. The molecule has 0 aliphatic carbocycles. The number of nitrogens with one attached hydrogen (secondary N) is 1. The molecule has 3 aromatic rings. The Morgan fingerprint density at radius 1 is 1.24 bits per heavy atom. The first-order chi connectivity index (χ1) is 12.2. The van der Waals surface area contributed by atoms with Gasteiger partial charge < -0.3 is 10.2 Å². The maximum absolute atomic E-state index is 12.5. The summed E-state index contributed by atoms with van der Waals surface area (Å²) in [6.45, 7) is 3.84. The summed E-state index contributed by atoms with van der Waals surface area (Å²) in [4.78, 5) is 20.8. The Labute approximate surface area is 155 Å². The first-order valence-corrected chi connectivity index (χ1v) is 10.3. The van der Waals surface area contributed by atoms with Crippen molar-refractivity contribution in [2.75, 3.05) is 18.0 Å². The molecule has 1 amide bonds. The van der Waals surface area contributed by atoms with Gasteiger partial charge in [0.25, 0.3) is 0 Å². The number of rotatable bonds is 4. The largest absolute Gasteiger partial charge is 0.349 e. The van der Waals surface area contributed by atoms with Gasteiger partial charge in [-0.1, -0.05) is 29.5 Å². The summed E-state index contributed by atoms with van der Waals surface area (Å²) in [5.74, 6) is 0.290. The molecule has 6 heteroatoms. The predicted molar refractivity (Wildman–Crippen MR) is 105 cm³/mol. The molecule has 2 aromatic heterocycles. The number of thiazole rings is 1. The molecule has 3 heterocycles. The number of aromatic nitrogens is 1. The molecule has 0 bridgehead atoms. The minimum Gasteiger partial charge on any atom is -0.349 e. The molecule has 4 rings (SSSR count). The van der Waals surface area contributed by atoms with Gasteiger partial charge in [-0.05, 0) is 43.3 Å². The average molecular weight is 372 g/mol. The molecule has 130 valence electrons. The highest BCUT2D eigenvalue weighted by Crippen LogP contribution is 2.31. The summed E-state index contributed by atoms with van der Waals surface area (Å²) < 4.78 is 1.22. The maximum Gasteiger partial charge on any atom is 0.223 e. The second kappa shape index (κ2) is 7.14. The number of amides is 1. The van der Waals surface area contributed by atoms with Crippen molar-refractivity contribution in [2.24, 2.45) is 5.92 Å². The lowest BCUT2D eigenvalue weighted by atomic mass is 9.96. The first-order valence-electron chi connectivity index (χ1n) is 8.65.